The number of ketones is 1. The van der Waals surface area contributed by atoms with E-state index in [1.807, 2.05) is 74.5 Å². The second kappa shape index (κ2) is 9.72. The predicted molar refractivity (Wildman–Crippen MR) is 141 cm³/mol. The van der Waals surface area contributed by atoms with Gasteiger partial charge < -0.3 is 4.74 Å². The summed E-state index contributed by atoms with van der Waals surface area (Å²) < 4.78 is 35.0. The van der Waals surface area contributed by atoms with Gasteiger partial charge in [0.15, 0.2) is 5.78 Å². The van der Waals surface area contributed by atoms with Crippen molar-refractivity contribution >= 4 is 21.5 Å². The maximum absolute atomic E-state index is 13.6. The van der Waals surface area contributed by atoms with E-state index in [1.165, 1.54) is 4.31 Å². The number of sulfonamides is 1. The van der Waals surface area contributed by atoms with E-state index in [4.69, 9.17) is 4.74 Å². The molecule has 1 atom stereocenters. The average molecular weight is 498 g/mol. The first-order valence-electron chi connectivity index (χ1n) is 11.8. The Kier molecular flexibility index (Phi) is 6.48. The molecule has 4 aromatic carbocycles. The van der Waals surface area contributed by atoms with Gasteiger partial charge in [-0.3, -0.25) is 9.10 Å². The standard InChI is InChI=1S/C30H27NO4S/c1-21-9-8-10-22(2)29(21)31-19-27(26-13-6-7-14-28(26)36(31,33)34)35-20-23-15-17-25(18-16-23)30(32)24-11-4-3-5-12-24/h3-18,27H,19-20H2,1-2H3. The molecule has 0 aliphatic carbocycles. The number of hydrogen-bond donors (Lipinski definition) is 0. The normalized spacial score (nSPS) is 16.4. The van der Waals surface area contributed by atoms with Gasteiger partial charge in [0.05, 0.1) is 23.7 Å². The van der Waals surface area contributed by atoms with Gasteiger partial charge >= 0.3 is 0 Å². The summed E-state index contributed by atoms with van der Waals surface area (Å²) in [6, 6.07) is 29.4. The number of ether oxygens (including phenoxy) is 1. The minimum Gasteiger partial charge on any atom is -0.367 e. The molecule has 4 aromatic rings. The second-order valence-corrected chi connectivity index (χ2v) is 10.8. The van der Waals surface area contributed by atoms with Crippen molar-refractivity contribution in [1.29, 1.82) is 0 Å². The van der Waals surface area contributed by atoms with Crippen LogP contribution in [-0.4, -0.2) is 20.7 Å². The topological polar surface area (TPSA) is 63.7 Å². The van der Waals surface area contributed by atoms with Gasteiger partial charge in [0.2, 0.25) is 0 Å². The van der Waals surface area contributed by atoms with Crippen molar-refractivity contribution in [2.45, 2.75) is 31.5 Å². The summed E-state index contributed by atoms with van der Waals surface area (Å²) in [7, 11) is -3.72. The molecule has 0 bridgehead atoms. The van der Waals surface area contributed by atoms with E-state index in [0.29, 0.717) is 29.0 Å². The average Bonchev–Trinajstić information content (AvgIpc) is 2.89. The molecule has 0 fully saturated rings. The largest absolute Gasteiger partial charge is 0.367 e. The van der Waals surface area contributed by atoms with Crippen LogP contribution in [0.1, 0.15) is 44.3 Å². The van der Waals surface area contributed by atoms with Crippen LogP contribution in [0.15, 0.2) is 102 Å². The Bertz CT molecular complexity index is 1490. The first-order chi connectivity index (χ1) is 17.4. The van der Waals surface area contributed by atoms with Gasteiger partial charge in [0.1, 0.15) is 6.10 Å². The number of hydrogen-bond acceptors (Lipinski definition) is 4. The second-order valence-electron chi connectivity index (χ2n) is 9.01. The number of nitrogens with zero attached hydrogens (tertiary/aromatic N) is 1. The third-order valence-corrected chi connectivity index (χ3v) is 8.40. The van der Waals surface area contributed by atoms with Gasteiger partial charge in [0.25, 0.3) is 10.0 Å². The monoisotopic (exact) mass is 497 g/mol. The van der Waals surface area contributed by atoms with Crippen molar-refractivity contribution < 1.29 is 17.9 Å². The predicted octanol–water partition coefficient (Wildman–Crippen LogP) is 6.00. The number of fused-ring (bicyclic) bond motifs is 1. The third-order valence-electron chi connectivity index (χ3n) is 6.56. The molecule has 0 aromatic heterocycles. The summed E-state index contributed by atoms with van der Waals surface area (Å²) in [4.78, 5) is 13.0. The molecule has 1 heterocycles. The number of carbonyl (C=O) groups is 1. The van der Waals surface area contributed by atoms with E-state index in [9.17, 15) is 13.2 Å². The van der Waals surface area contributed by atoms with Gasteiger partial charge in [-0.2, -0.15) is 0 Å². The van der Waals surface area contributed by atoms with Gasteiger partial charge in [-0.05, 0) is 36.6 Å². The molecule has 5 rings (SSSR count). The molecule has 1 aliphatic heterocycles. The highest BCUT2D eigenvalue weighted by atomic mass is 32.2. The maximum atomic E-state index is 13.6. The SMILES string of the molecule is Cc1cccc(C)c1N1CC(OCc2ccc(C(=O)c3ccccc3)cc2)c2ccccc2S1(=O)=O. The molecule has 5 nitrogen and oxygen atoms in total. The molecule has 182 valence electrons. The Labute approximate surface area is 212 Å². The molecular weight excluding hydrogens is 470 g/mol. The van der Waals surface area contributed by atoms with Crippen molar-refractivity contribution in [2.24, 2.45) is 0 Å². The summed E-state index contributed by atoms with van der Waals surface area (Å²) in [6.45, 7) is 4.33. The molecule has 6 heteroatoms. The van der Waals surface area contributed by atoms with Crippen molar-refractivity contribution in [3.05, 3.63) is 130 Å². The van der Waals surface area contributed by atoms with Crippen LogP contribution in [0.5, 0.6) is 0 Å². The van der Waals surface area contributed by atoms with E-state index in [1.54, 1.807) is 36.4 Å². The van der Waals surface area contributed by atoms with Gasteiger partial charge in [-0.15, -0.1) is 0 Å². The first kappa shape index (κ1) is 24.0. The zero-order chi connectivity index (χ0) is 25.3. The Morgan fingerprint density at radius 3 is 2.11 bits per heavy atom. The molecule has 0 saturated carbocycles. The highest BCUT2D eigenvalue weighted by molar-refractivity contribution is 7.93. The summed E-state index contributed by atoms with van der Waals surface area (Å²) in [5, 5.41) is 0. The summed E-state index contributed by atoms with van der Waals surface area (Å²) in [5.41, 5.74) is 5.32. The third kappa shape index (κ3) is 4.45. The minimum absolute atomic E-state index is 0.0290. The zero-order valence-corrected chi connectivity index (χ0v) is 21.0. The Morgan fingerprint density at radius 1 is 0.806 bits per heavy atom. The van der Waals surface area contributed by atoms with E-state index >= 15 is 0 Å². The van der Waals surface area contributed by atoms with Crippen LogP contribution in [0, 0.1) is 13.8 Å². The van der Waals surface area contributed by atoms with Crippen LogP contribution in [0.2, 0.25) is 0 Å². The zero-order valence-electron chi connectivity index (χ0n) is 20.2. The van der Waals surface area contributed by atoms with Crippen LogP contribution in [-0.2, 0) is 21.4 Å². The van der Waals surface area contributed by atoms with Crippen molar-refractivity contribution in [2.75, 3.05) is 10.8 Å². The first-order valence-corrected chi connectivity index (χ1v) is 13.3. The number of para-hydroxylation sites is 1. The van der Waals surface area contributed by atoms with E-state index in [0.717, 1.165) is 16.7 Å². The van der Waals surface area contributed by atoms with E-state index in [2.05, 4.69) is 0 Å². The van der Waals surface area contributed by atoms with Crippen molar-refractivity contribution in [3.8, 4) is 0 Å². The lowest BCUT2D eigenvalue weighted by molar-refractivity contribution is 0.0430. The lowest BCUT2D eigenvalue weighted by atomic mass is 10.0. The molecule has 0 spiro atoms. The van der Waals surface area contributed by atoms with Gasteiger partial charge in [0, 0.05) is 16.7 Å². The molecule has 0 amide bonds. The number of benzene rings is 4. The molecule has 0 saturated heterocycles. The number of aryl methyl sites for hydroxylation is 2. The lowest BCUT2D eigenvalue weighted by Crippen LogP contribution is -2.41. The van der Waals surface area contributed by atoms with Crippen LogP contribution in [0.4, 0.5) is 5.69 Å². The van der Waals surface area contributed by atoms with Crippen molar-refractivity contribution in [1.82, 2.24) is 0 Å². The van der Waals surface area contributed by atoms with E-state index in [-0.39, 0.29) is 17.2 Å². The Balaban J connectivity index is 1.40. The number of rotatable bonds is 6. The van der Waals surface area contributed by atoms with Crippen LogP contribution in [0.3, 0.4) is 0 Å². The Hall–Kier alpha value is -3.74. The molecular formula is C30H27NO4S. The summed E-state index contributed by atoms with van der Waals surface area (Å²) >= 11 is 0. The smallest absolute Gasteiger partial charge is 0.264 e. The van der Waals surface area contributed by atoms with Crippen molar-refractivity contribution in [3.63, 3.8) is 0 Å². The molecule has 36 heavy (non-hydrogen) atoms. The summed E-state index contributed by atoms with van der Waals surface area (Å²) in [5.74, 6) is -0.0290. The fraction of sp³-hybridized carbons (Fsp3) is 0.167. The quantitative estimate of drug-likeness (QED) is 0.307. The van der Waals surface area contributed by atoms with Gasteiger partial charge in [-0.1, -0.05) is 91.0 Å². The Morgan fingerprint density at radius 2 is 1.42 bits per heavy atom. The number of carbonyl (C=O) groups excluding carboxylic acids is 1. The van der Waals surface area contributed by atoms with Crippen LogP contribution < -0.4 is 4.31 Å². The van der Waals surface area contributed by atoms with Gasteiger partial charge in [-0.25, -0.2) is 8.42 Å². The van der Waals surface area contributed by atoms with Crippen LogP contribution >= 0.6 is 0 Å². The molecule has 0 radical (unpaired) electrons. The maximum Gasteiger partial charge on any atom is 0.264 e. The minimum atomic E-state index is -3.72. The highest BCUT2D eigenvalue weighted by Crippen LogP contribution is 2.39. The lowest BCUT2D eigenvalue weighted by Gasteiger charge is -2.36. The fourth-order valence-electron chi connectivity index (χ4n) is 4.71. The summed E-state index contributed by atoms with van der Waals surface area (Å²) in [6.07, 6.45) is -0.436. The fourth-order valence-corrected chi connectivity index (χ4v) is 6.55. The van der Waals surface area contributed by atoms with Crippen LogP contribution in [0.25, 0.3) is 0 Å². The van der Waals surface area contributed by atoms with E-state index < -0.39 is 16.1 Å². The molecule has 0 N–H and O–H groups in total. The highest BCUT2D eigenvalue weighted by Gasteiger charge is 2.38. The number of anilines is 1. The molecule has 1 unspecified atom stereocenters. The molecule has 1 aliphatic rings.